The molecule has 0 atom stereocenters. The monoisotopic (exact) mass is 377 g/mol. The Morgan fingerprint density at radius 3 is 2.26 bits per heavy atom. The number of carbonyl (C=O) groups is 1. The van der Waals surface area contributed by atoms with Crippen LogP contribution in [0.5, 0.6) is 5.75 Å². The molecule has 0 fully saturated rings. The molecule has 3 rings (SSSR count). The summed E-state index contributed by atoms with van der Waals surface area (Å²) in [5.74, 6) is -0.745. The summed E-state index contributed by atoms with van der Waals surface area (Å²) in [6, 6.07) is 9.75. The quantitative estimate of drug-likeness (QED) is 0.549. The molecule has 0 aliphatic heterocycles. The molecule has 0 N–H and O–H groups in total. The van der Waals surface area contributed by atoms with Crippen molar-refractivity contribution in [3.8, 4) is 16.9 Å². The second kappa shape index (κ2) is 6.57. The zero-order chi connectivity index (χ0) is 19.9. The van der Waals surface area contributed by atoms with Crippen molar-refractivity contribution in [3.63, 3.8) is 0 Å². The topological polar surface area (TPSA) is 31.2 Å². The molecule has 0 aliphatic rings. The lowest BCUT2D eigenvalue weighted by atomic mass is 9.98. The van der Waals surface area contributed by atoms with Crippen molar-refractivity contribution >= 4 is 22.4 Å². The van der Waals surface area contributed by atoms with Crippen molar-refractivity contribution in [1.82, 2.24) is 4.57 Å². The van der Waals surface area contributed by atoms with Gasteiger partial charge < -0.3 is 4.74 Å². The summed E-state index contributed by atoms with van der Waals surface area (Å²) < 4.78 is 60.3. The average Bonchev–Trinajstić information content (AvgIpc) is 2.94. The second-order valence-electron chi connectivity index (χ2n) is 5.94. The molecule has 0 unspecified atom stereocenters. The van der Waals surface area contributed by atoms with Gasteiger partial charge in [0.15, 0.2) is 0 Å². The number of rotatable bonds is 3. The van der Waals surface area contributed by atoms with E-state index in [0.717, 1.165) is 23.6 Å². The summed E-state index contributed by atoms with van der Waals surface area (Å²) in [6.45, 7) is 4.31. The number of fused-ring (bicyclic) bond motifs is 1. The highest BCUT2D eigenvalue weighted by atomic mass is 19.4. The fourth-order valence-electron chi connectivity index (χ4n) is 3.06. The Labute approximate surface area is 152 Å². The molecule has 140 valence electrons. The minimum absolute atomic E-state index is 0.0877. The summed E-state index contributed by atoms with van der Waals surface area (Å²) in [5.41, 5.74) is -0.938. The number of aromatic nitrogens is 1. The number of methoxy groups -OCH3 is 1. The zero-order valence-corrected chi connectivity index (χ0v) is 14.5. The molecule has 0 saturated carbocycles. The summed E-state index contributed by atoms with van der Waals surface area (Å²) in [5, 5.41) is 0.191. The van der Waals surface area contributed by atoms with Gasteiger partial charge in [0.1, 0.15) is 11.6 Å². The van der Waals surface area contributed by atoms with E-state index < -0.39 is 29.2 Å². The number of hydrogen-bond donors (Lipinski definition) is 0. The van der Waals surface area contributed by atoms with Crippen molar-refractivity contribution in [2.24, 2.45) is 0 Å². The fraction of sp³-hybridized carbons (Fsp3) is 0.150. The number of alkyl halides is 3. The van der Waals surface area contributed by atoms with Crippen LogP contribution in [0.15, 0.2) is 49.0 Å². The lowest BCUT2D eigenvalue weighted by Gasteiger charge is -2.15. The van der Waals surface area contributed by atoms with Crippen LogP contribution in [0.4, 0.5) is 17.6 Å². The van der Waals surface area contributed by atoms with Gasteiger partial charge >= 0.3 is 6.18 Å². The Hall–Kier alpha value is -3.09. The van der Waals surface area contributed by atoms with Crippen molar-refractivity contribution < 1.29 is 27.1 Å². The van der Waals surface area contributed by atoms with Gasteiger partial charge in [0.05, 0.1) is 23.9 Å². The Balaban J connectivity index is 2.46. The SMILES string of the molecule is C=C(c1c(-c2ccc(OC)cc2)c2cc(F)ccc2n1C(C)=O)C(F)(F)F. The first kappa shape index (κ1) is 18.7. The maximum atomic E-state index is 13.9. The van der Waals surface area contributed by atoms with Crippen molar-refractivity contribution in [2.75, 3.05) is 7.11 Å². The number of nitrogens with zero attached hydrogens (tertiary/aromatic N) is 1. The summed E-state index contributed by atoms with van der Waals surface area (Å²) in [4.78, 5) is 12.2. The van der Waals surface area contributed by atoms with Gasteiger partial charge in [-0.05, 0) is 35.9 Å². The first-order valence-electron chi connectivity index (χ1n) is 7.91. The molecule has 3 aromatic rings. The highest BCUT2D eigenvalue weighted by Gasteiger charge is 2.38. The van der Waals surface area contributed by atoms with Gasteiger partial charge in [-0.15, -0.1) is 0 Å². The van der Waals surface area contributed by atoms with Crippen LogP contribution in [0, 0.1) is 5.82 Å². The van der Waals surface area contributed by atoms with Crippen LogP contribution in [0.3, 0.4) is 0 Å². The number of carbonyl (C=O) groups excluding carboxylic acids is 1. The molecule has 0 spiro atoms. The maximum Gasteiger partial charge on any atom is 0.417 e. The molecule has 0 bridgehead atoms. The molecule has 7 heteroatoms. The third-order valence-corrected chi connectivity index (χ3v) is 4.25. The molecule has 2 aromatic carbocycles. The number of hydrogen-bond acceptors (Lipinski definition) is 2. The van der Waals surface area contributed by atoms with Crippen LogP contribution in [0.1, 0.15) is 17.4 Å². The molecule has 3 nitrogen and oxygen atoms in total. The van der Waals surface area contributed by atoms with Gasteiger partial charge in [-0.25, -0.2) is 4.39 Å². The zero-order valence-electron chi connectivity index (χ0n) is 14.5. The lowest BCUT2D eigenvalue weighted by molar-refractivity contribution is -0.0689. The van der Waals surface area contributed by atoms with Gasteiger partial charge in [0.2, 0.25) is 5.91 Å². The average molecular weight is 377 g/mol. The lowest BCUT2D eigenvalue weighted by Crippen LogP contribution is -2.17. The van der Waals surface area contributed by atoms with E-state index in [0.29, 0.717) is 11.3 Å². The molecule has 1 aromatic heterocycles. The van der Waals surface area contributed by atoms with Gasteiger partial charge in [0.25, 0.3) is 0 Å². The van der Waals surface area contributed by atoms with E-state index in [9.17, 15) is 22.4 Å². The molecular weight excluding hydrogens is 362 g/mol. The Morgan fingerprint density at radius 1 is 1.11 bits per heavy atom. The highest BCUT2D eigenvalue weighted by Crippen LogP contribution is 2.43. The summed E-state index contributed by atoms with van der Waals surface area (Å²) >= 11 is 0. The van der Waals surface area contributed by atoms with Crippen molar-refractivity contribution in [3.05, 3.63) is 60.6 Å². The number of ether oxygens (including phenoxy) is 1. The Kier molecular flexibility index (Phi) is 4.55. The van der Waals surface area contributed by atoms with Crippen LogP contribution in [0.2, 0.25) is 0 Å². The van der Waals surface area contributed by atoms with Crippen LogP contribution >= 0.6 is 0 Å². The first-order valence-corrected chi connectivity index (χ1v) is 7.91. The smallest absolute Gasteiger partial charge is 0.417 e. The molecule has 0 radical (unpaired) electrons. The molecule has 27 heavy (non-hydrogen) atoms. The normalized spacial score (nSPS) is 11.6. The molecule has 1 heterocycles. The maximum absolute atomic E-state index is 13.9. The summed E-state index contributed by atoms with van der Waals surface area (Å²) in [6.07, 6.45) is -4.76. The van der Waals surface area contributed by atoms with Gasteiger partial charge in [0, 0.05) is 17.9 Å². The predicted octanol–water partition coefficient (Wildman–Crippen LogP) is 5.69. The molecule has 0 saturated heterocycles. The van der Waals surface area contributed by atoms with Crippen molar-refractivity contribution in [2.45, 2.75) is 13.1 Å². The van der Waals surface area contributed by atoms with Gasteiger partial charge in [-0.2, -0.15) is 13.2 Å². The van der Waals surface area contributed by atoms with Crippen LogP contribution in [-0.4, -0.2) is 23.8 Å². The Morgan fingerprint density at radius 2 is 1.74 bits per heavy atom. The van der Waals surface area contributed by atoms with E-state index in [4.69, 9.17) is 4.74 Å². The van der Waals surface area contributed by atoms with E-state index in [1.54, 1.807) is 24.3 Å². The van der Waals surface area contributed by atoms with E-state index >= 15 is 0 Å². The fourth-order valence-corrected chi connectivity index (χ4v) is 3.06. The summed E-state index contributed by atoms with van der Waals surface area (Å²) in [7, 11) is 1.46. The number of benzene rings is 2. The van der Waals surface area contributed by atoms with Crippen molar-refractivity contribution in [1.29, 1.82) is 0 Å². The van der Waals surface area contributed by atoms with E-state index in [1.807, 2.05) is 0 Å². The van der Waals surface area contributed by atoms with Gasteiger partial charge in [-0.1, -0.05) is 18.7 Å². The third-order valence-electron chi connectivity index (χ3n) is 4.25. The second-order valence-corrected chi connectivity index (χ2v) is 5.94. The number of allylic oxidation sites excluding steroid dienone is 1. The van der Waals surface area contributed by atoms with E-state index in [-0.39, 0.29) is 16.5 Å². The van der Waals surface area contributed by atoms with Crippen LogP contribution < -0.4 is 4.74 Å². The standard InChI is InChI=1S/C20H15F4NO2/c1-11(20(22,23)24)19-18(13-4-7-15(27-3)8-5-13)16-10-14(21)6-9-17(16)25(19)12(2)26/h4-10H,1H2,2-3H3. The third kappa shape index (κ3) is 3.20. The first-order chi connectivity index (χ1) is 12.6. The van der Waals surface area contributed by atoms with Crippen LogP contribution in [0.25, 0.3) is 27.6 Å². The molecular formula is C20H15F4NO2. The molecule has 0 amide bonds. The predicted molar refractivity (Wildman–Crippen MR) is 95.3 cm³/mol. The van der Waals surface area contributed by atoms with E-state index in [2.05, 4.69) is 6.58 Å². The Bertz CT molecular complexity index is 1050. The number of halogens is 4. The van der Waals surface area contributed by atoms with E-state index in [1.165, 1.54) is 13.2 Å². The van der Waals surface area contributed by atoms with Gasteiger partial charge in [-0.3, -0.25) is 9.36 Å². The minimum atomic E-state index is -4.76. The largest absolute Gasteiger partial charge is 0.497 e. The molecule has 0 aliphatic carbocycles. The highest BCUT2D eigenvalue weighted by molar-refractivity contribution is 6.07. The minimum Gasteiger partial charge on any atom is -0.497 e. The van der Waals surface area contributed by atoms with Crippen LogP contribution in [-0.2, 0) is 0 Å².